The number of carboxylic acid groups (broad SMARTS) is 1. The Morgan fingerprint density at radius 1 is 1.54 bits per heavy atom. The first-order chi connectivity index (χ1) is 6.06. The van der Waals surface area contributed by atoms with Gasteiger partial charge in [-0.2, -0.15) is 0 Å². The van der Waals surface area contributed by atoms with E-state index in [2.05, 4.69) is 0 Å². The highest BCUT2D eigenvalue weighted by atomic mass is 16.4. The fraction of sp³-hybridized carbons (Fsp3) is 0.111. The van der Waals surface area contributed by atoms with Gasteiger partial charge in [-0.3, -0.25) is 4.79 Å². The number of hydrogen-bond donors (Lipinski definition) is 2. The van der Waals surface area contributed by atoms with Crippen LogP contribution in [-0.4, -0.2) is 17.4 Å². The van der Waals surface area contributed by atoms with Gasteiger partial charge in [0.15, 0.2) is 0 Å². The molecule has 0 atom stereocenters. The van der Waals surface area contributed by atoms with Crippen LogP contribution < -0.4 is 5.73 Å². The topological polar surface area (TPSA) is 80.4 Å². The lowest BCUT2D eigenvalue weighted by Gasteiger charge is -2.04. The average Bonchev–Trinajstić information content (AvgIpc) is 2.09. The zero-order valence-electron chi connectivity index (χ0n) is 7.07. The number of nitrogens with two attached hydrogens (primary N) is 1. The molecule has 1 rings (SSSR count). The lowest BCUT2D eigenvalue weighted by atomic mass is 10.0. The Kier molecular flexibility index (Phi) is 2.32. The van der Waals surface area contributed by atoms with Crippen LogP contribution in [0.1, 0.15) is 26.3 Å². The molecule has 0 fully saturated rings. The Labute approximate surface area is 75.0 Å². The third kappa shape index (κ3) is 1.66. The molecule has 0 bridgehead atoms. The number of aldehydes is 1. The highest BCUT2D eigenvalue weighted by Gasteiger charge is 2.08. The number of hydrogen-bond acceptors (Lipinski definition) is 3. The first-order valence-electron chi connectivity index (χ1n) is 3.65. The van der Waals surface area contributed by atoms with Crippen molar-refractivity contribution in [3.63, 3.8) is 0 Å². The zero-order valence-corrected chi connectivity index (χ0v) is 7.07. The van der Waals surface area contributed by atoms with Crippen molar-refractivity contribution in [2.24, 2.45) is 0 Å². The quantitative estimate of drug-likeness (QED) is 0.526. The van der Waals surface area contributed by atoms with E-state index in [4.69, 9.17) is 10.8 Å². The van der Waals surface area contributed by atoms with E-state index >= 15 is 0 Å². The molecule has 0 saturated heterocycles. The van der Waals surface area contributed by atoms with Gasteiger partial charge in [0.2, 0.25) is 0 Å². The molecule has 68 valence electrons. The van der Waals surface area contributed by atoms with E-state index in [1.54, 1.807) is 6.92 Å². The lowest BCUT2D eigenvalue weighted by Crippen LogP contribution is -2.02. The minimum absolute atomic E-state index is 0.0326. The van der Waals surface area contributed by atoms with Gasteiger partial charge in [-0.25, -0.2) is 4.79 Å². The summed E-state index contributed by atoms with van der Waals surface area (Å²) >= 11 is 0. The van der Waals surface area contributed by atoms with Crippen molar-refractivity contribution in [2.75, 3.05) is 5.73 Å². The molecule has 0 aliphatic heterocycles. The van der Waals surface area contributed by atoms with E-state index in [0.717, 1.165) is 0 Å². The fourth-order valence-electron chi connectivity index (χ4n) is 1.01. The van der Waals surface area contributed by atoms with Gasteiger partial charge in [0.25, 0.3) is 0 Å². The molecule has 4 nitrogen and oxygen atoms in total. The van der Waals surface area contributed by atoms with Crippen molar-refractivity contribution >= 4 is 17.9 Å². The van der Waals surface area contributed by atoms with Crippen molar-refractivity contribution in [3.8, 4) is 0 Å². The van der Waals surface area contributed by atoms with Crippen molar-refractivity contribution in [3.05, 3.63) is 28.8 Å². The molecular weight excluding hydrogens is 170 g/mol. The van der Waals surface area contributed by atoms with Gasteiger partial charge >= 0.3 is 5.97 Å². The Morgan fingerprint density at radius 2 is 2.15 bits per heavy atom. The maximum absolute atomic E-state index is 10.6. The second-order valence-corrected chi connectivity index (χ2v) is 2.70. The van der Waals surface area contributed by atoms with Crippen LogP contribution in [0.2, 0.25) is 0 Å². The van der Waals surface area contributed by atoms with Gasteiger partial charge in [0, 0.05) is 11.3 Å². The molecule has 0 aliphatic rings. The fourth-order valence-corrected chi connectivity index (χ4v) is 1.01. The second kappa shape index (κ2) is 3.26. The van der Waals surface area contributed by atoms with Crippen LogP contribution in [0.25, 0.3) is 0 Å². The minimum Gasteiger partial charge on any atom is -0.478 e. The first kappa shape index (κ1) is 9.25. The van der Waals surface area contributed by atoms with Crippen molar-refractivity contribution in [1.29, 1.82) is 0 Å². The van der Waals surface area contributed by atoms with E-state index < -0.39 is 5.97 Å². The summed E-state index contributed by atoms with van der Waals surface area (Å²) in [7, 11) is 0. The Bertz CT molecular complexity index is 371. The summed E-state index contributed by atoms with van der Waals surface area (Å²) < 4.78 is 0. The second-order valence-electron chi connectivity index (χ2n) is 2.70. The molecule has 0 unspecified atom stereocenters. The highest BCUT2D eigenvalue weighted by Crippen LogP contribution is 2.17. The summed E-state index contributed by atoms with van der Waals surface area (Å²) in [6.45, 7) is 1.67. The standard InChI is InChI=1S/C9H9NO3/c1-5-7(4-11)2-6(9(12)13)3-8(5)10/h2-4H,10H2,1H3,(H,12,13). The van der Waals surface area contributed by atoms with Gasteiger partial charge in [-0.05, 0) is 24.6 Å². The Hall–Kier alpha value is -1.84. The van der Waals surface area contributed by atoms with Crippen molar-refractivity contribution in [2.45, 2.75) is 6.92 Å². The maximum atomic E-state index is 10.6. The monoisotopic (exact) mass is 179 g/mol. The molecule has 0 radical (unpaired) electrons. The molecule has 0 heterocycles. The Morgan fingerprint density at radius 3 is 2.62 bits per heavy atom. The summed E-state index contributed by atoms with van der Waals surface area (Å²) in [4.78, 5) is 21.1. The van der Waals surface area contributed by atoms with Crippen LogP contribution in [0.3, 0.4) is 0 Å². The molecule has 0 aromatic heterocycles. The number of carboxylic acids is 1. The first-order valence-corrected chi connectivity index (χ1v) is 3.65. The molecule has 1 aromatic rings. The summed E-state index contributed by atoms with van der Waals surface area (Å²) in [5, 5.41) is 8.65. The van der Waals surface area contributed by atoms with E-state index in [0.29, 0.717) is 23.1 Å². The molecule has 0 saturated carbocycles. The average molecular weight is 179 g/mol. The lowest BCUT2D eigenvalue weighted by molar-refractivity contribution is 0.0697. The third-order valence-corrected chi connectivity index (χ3v) is 1.86. The number of carbonyl (C=O) groups excluding carboxylic acids is 1. The van der Waals surface area contributed by atoms with Crippen molar-refractivity contribution < 1.29 is 14.7 Å². The molecule has 13 heavy (non-hydrogen) atoms. The summed E-state index contributed by atoms with van der Waals surface area (Å²) in [5.41, 5.74) is 6.79. The molecule has 0 amide bonds. The molecule has 0 aliphatic carbocycles. The number of nitrogen functional groups attached to an aromatic ring is 1. The smallest absolute Gasteiger partial charge is 0.335 e. The van der Waals surface area contributed by atoms with Gasteiger partial charge in [-0.15, -0.1) is 0 Å². The van der Waals surface area contributed by atoms with Crippen LogP contribution in [0.4, 0.5) is 5.69 Å². The predicted molar refractivity (Wildman–Crippen MR) is 47.9 cm³/mol. The molecule has 1 aromatic carbocycles. The number of carbonyl (C=O) groups is 2. The normalized spacial score (nSPS) is 9.62. The van der Waals surface area contributed by atoms with Crippen LogP contribution in [0, 0.1) is 6.92 Å². The Balaban J connectivity index is 3.38. The van der Waals surface area contributed by atoms with Crippen LogP contribution in [0.15, 0.2) is 12.1 Å². The number of aromatic carboxylic acids is 1. The van der Waals surface area contributed by atoms with Crippen LogP contribution >= 0.6 is 0 Å². The van der Waals surface area contributed by atoms with E-state index in [9.17, 15) is 9.59 Å². The van der Waals surface area contributed by atoms with E-state index in [-0.39, 0.29) is 5.56 Å². The van der Waals surface area contributed by atoms with Gasteiger partial charge in [0.05, 0.1) is 5.56 Å². The highest BCUT2D eigenvalue weighted by molar-refractivity contribution is 5.92. The molecular formula is C9H9NO3. The van der Waals surface area contributed by atoms with Crippen molar-refractivity contribution in [1.82, 2.24) is 0 Å². The summed E-state index contributed by atoms with van der Waals surface area (Å²) in [6.07, 6.45) is 0.595. The third-order valence-electron chi connectivity index (χ3n) is 1.86. The minimum atomic E-state index is -1.09. The predicted octanol–water partition coefficient (Wildman–Crippen LogP) is 1.09. The van der Waals surface area contributed by atoms with Gasteiger partial charge < -0.3 is 10.8 Å². The van der Waals surface area contributed by atoms with E-state index in [1.807, 2.05) is 0 Å². The molecule has 0 spiro atoms. The summed E-state index contributed by atoms with van der Waals surface area (Å²) in [6, 6.07) is 2.64. The van der Waals surface area contributed by atoms with Crippen LogP contribution in [-0.2, 0) is 0 Å². The van der Waals surface area contributed by atoms with E-state index in [1.165, 1.54) is 12.1 Å². The number of anilines is 1. The largest absolute Gasteiger partial charge is 0.478 e. The van der Waals surface area contributed by atoms with Gasteiger partial charge in [0.1, 0.15) is 6.29 Å². The van der Waals surface area contributed by atoms with Crippen LogP contribution in [0.5, 0.6) is 0 Å². The zero-order chi connectivity index (χ0) is 10.0. The molecule has 3 N–H and O–H groups in total. The number of benzene rings is 1. The van der Waals surface area contributed by atoms with Gasteiger partial charge in [-0.1, -0.05) is 0 Å². The number of rotatable bonds is 2. The SMILES string of the molecule is Cc1c(N)cc(C(=O)O)cc1C=O. The summed E-state index contributed by atoms with van der Waals surface area (Å²) in [5.74, 6) is -1.09. The molecule has 4 heteroatoms. The maximum Gasteiger partial charge on any atom is 0.335 e.